The maximum atomic E-state index is 13.6. The Morgan fingerprint density at radius 2 is 1.03 bits per heavy atom. The molecule has 0 spiro atoms. The zero-order valence-corrected chi connectivity index (χ0v) is 25.9. The summed E-state index contributed by atoms with van der Waals surface area (Å²) in [6, 6.07) is 0. The number of aliphatic hydroxyl groups is 1. The van der Waals surface area contributed by atoms with Crippen molar-refractivity contribution in [3.05, 3.63) is 0 Å². The van der Waals surface area contributed by atoms with Crippen LogP contribution in [0.1, 0.15) is 125 Å². The summed E-state index contributed by atoms with van der Waals surface area (Å²) in [5.41, 5.74) is 0. The van der Waals surface area contributed by atoms with Crippen molar-refractivity contribution in [2.24, 2.45) is 0 Å². The van der Waals surface area contributed by atoms with Crippen molar-refractivity contribution in [3.63, 3.8) is 0 Å². The Morgan fingerprint density at radius 1 is 0.649 bits per heavy atom. The molecule has 9 nitrogen and oxygen atoms in total. The maximum absolute atomic E-state index is 13.6. The van der Waals surface area contributed by atoms with Crippen LogP contribution in [0.15, 0.2) is 0 Å². The molecule has 0 radical (unpaired) electrons. The number of amides is 1. The Bertz CT molecular complexity index is 627. The standard InChI is InChI=1S/C26H55NO8P2/c1-6-11-12-13-14-15-16-17-18-19-20-22-25(28)27-24-21-23-26(29,36(30,32-7-2)33-8-3)37(31,34-9-4)35-10-5/h29H,6-24H2,1-5H3,(H,27,28). The highest BCUT2D eigenvalue weighted by atomic mass is 31.2. The van der Waals surface area contributed by atoms with Crippen molar-refractivity contribution in [2.75, 3.05) is 33.0 Å². The van der Waals surface area contributed by atoms with E-state index in [2.05, 4.69) is 12.2 Å². The lowest BCUT2D eigenvalue weighted by atomic mass is 10.1. The molecule has 0 aromatic carbocycles. The molecule has 11 heteroatoms. The van der Waals surface area contributed by atoms with E-state index < -0.39 is 20.3 Å². The smallest absolute Gasteiger partial charge is 0.368 e. The number of nitrogens with one attached hydrogen (secondary N) is 1. The van der Waals surface area contributed by atoms with Gasteiger partial charge in [-0.2, -0.15) is 0 Å². The van der Waals surface area contributed by atoms with Crippen LogP contribution < -0.4 is 5.32 Å². The van der Waals surface area contributed by atoms with Crippen LogP contribution in [0.3, 0.4) is 0 Å². The Kier molecular flexibility index (Phi) is 21.4. The number of carbonyl (C=O) groups excluding carboxylic acids is 1. The van der Waals surface area contributed by atoms with E-state index in [0.717, 1.165) is 19.3 Å². The second-order valence-electron chi connectivity index (χ2n) is 9.18. The van der Waals surface area contributed by atoms with Crippen LogP contribution in [0.4, 0.5) is 0 Å². The SMILES string of the molecule is CCCCCCCCCCCCCC(=O)NCCCC(O)(P(=O)(OCC)OCC)P(=O)(OCC)OCC. The van der Waals surface area contributed by atoms with Crippen LogP contribution >= 0.6 is 15.2 Å². The molecule has 0 saturated carbocycles. The van der Waals surface area contributed by atoms with Gasteiger partial charge in [-0.05, 0) is 40.5 Å². The maximum Gasteiger partial charge on any atom is 0.374 e. The van der Waals surface area contributed by atoms with Gasteiger partial charge in [-0.15, -0.1) is 0 Å². The molecule has 0 rings (SSSR count). The fourth-order valence-corrected chi connectivity index (χ4v) is 9.28. The van der Waals surface area contributed by atoms with Crippen molar-refractivity contribution < 1.29 is 37.1 Å². The molecule has 0 bridgehead atoms. The third-order valence-electron chi connectivity index (χ3n) is 6.09. The molecule has 2 N–H and O–H groups in total. The summed E-state index contributed by atoms with van der Waals surface area (Å²) in [6.07, 6.45) is 13.8. The second kappa shape index (κ2) is 21.5. The zero-order valence-electron chi connectivity index (χ0n) is 24.1. The summed E-state index contributed by atoms with van der Waals surface area (Å²) in [5, 5.41) is 11.9. The average Bonchev–Trinajstić information content (AvgIpc) is 2.85. The molecular formula is C26H55NO8P2. The monoisotopic (exact) mass is 571 g/mol. The van der Waals surface area contributed by atoms with Gasteiger partial charge in [-0.25, -0.2) is 0 Å². The van der Waals surface area contributed by atoms with Gasteiger partial charge in [0, 0.05) is 19.4 Å². The summed E-state index contributed by atoms with van der Waals surface area (Å²) in [6.45, 7) is 8.79. The van der Waals surface area contributed by atoms with Gasteiger partial charge in [0.1, 0.15) is 0 Å². The van der Waals surface area contributed by atoms with Crippen LogP contribution in [-0.4, -0.2) is 49.1 Å². The molecule has 0 aromatic heterocycles. The summed E-state index contributed by atoms with van der Waals surface area (Å²) in [5.74, 6) is -0.0740. The third-order valence-corrected chi connectivity index (χ3v) is 12.2. The van der Waals surface area contributed by atoms with E-state index in [1.54, 1.807) is 27.7 Å². The average molecular weight is 572 g/mol. The summed E-state index contributed by atoms with van der Waals surface area (Å²) >= 11 is 0. The predicted molar refractivity (Wildman–Crippen MR) is 150 cm³/mol. The molecule has 0 aliphatic rings. The molecule has 0 atom stereocenters. The number of unbranched alkanes of at least 4 members (excludes halogenated alkanes) is 10. The molecule has 0 fully saturated rings. The normalized spacial score (nSPS) is 12.7. The van der Waals surface area contributed by atoms with Gasteiger partial charge < -0.3 is 28.5 Å². The minimum absolute atomic E-state index is 0.0203. The lowest BCUT2D eigenvalue weighted by Crippen LogP contribution is -2.34. The molecule has 0 saturated heterocycles. The number of hydrogen-bond donors (Lipinski definition) is 2. The molecular weight excluding hydrogens is 516 g/mol. The first-order valence-electron chi connectivity index (χ1n) is 14.5. The van der Waals surface area contributed by atoms with Gasteiger partial charge in [0.25, 0.3) is 5.08 Å². The van der Waals surface area contributed by atoms with Gasteiger partial charge in [-0.3, -0.25) is 13.9 Å². The van der Waals surface area contributed by atoms with Crippen molar-refractivity contribution in [3.8, 4) is 0 Å². The van der Waals surface area contributed by atoms with Crippen LogP contribution in [0, 0.1) is 0 Å². The van der Waals surface area contributed by atoms with Crippen LogP contribution in [0.25, 0.3) is 0 Å². The van der Waals surface area contributed by atoms with Crippen LogP contribution in [0.5, 0.6) is 0 Å². The van der Waals surface area contributed by atoms with Crippen LogP contribution in [-0.2, 0) is 32.0 Å². The quantitative estimate of drug-likeness (QED) is 0.0798. The summed E-state index contributed by atoms with van der Waals surface area (Å²) < 4.78 is 48.5. The van der Waals surface area contributed by atoms with Crippen LogP contribution in [0.2, 0.25) is 0 Å². The Labute approximate surface area is 226 Å². The first kappa shape index (κ1) is 36.7. The minimum Gasteiger partial charge on any atom is -0.368 e. The molecule has 0 unspecified atom stereocenters. The van der Waals surface area contributed by atoms with Crippen molar-refractivity contribution in [2.45, 2.75) is 130 Å². The zero-order chi connectivity index (χ0) is 28.0. The largest absolute Gasteiger partial charge is 0.374 e. The third kappa shape index (κ3) is 13.6. The van der Waals surface area contributed by atoms with E-state index in [0.29, 0.717) is 6.42 Å². The molecule has 0 aliphatic heterocycles. The second-order valence-corrected chi connectivity index (χ2v) is 14.0. The highest BCUT2D eigenvalue weighted by Gasteiger charge is 2.64. The molecule has 0 heterocycles. The number of rotatable bonds is 26. The van der Waals surface area contributed by atoms with E-state index >= 15 is 0 Å². The minimum atomic E-state index is -4.30. The molecule has 222 valence electrons. The molecule has 1 amide bonds. The van der Waals surface area contributed by atoms with Gasteiger partial charge in [0.15, 0.2) is 0 Å². The number of carbonyl (C=O) groups is 1. The Morgan fingerprint density at radius 3 is 1.41 bits per heavy atom. The fourth-order valence-electron chi connectivity index (χ4n) is 4.18. The van der Waals surface area contributed by atoms with E-state index in [9.17, 15) is 19.0 Å². The topological polar surface area (TPSA) is 120 Å². The summed E-state index contributed by atoms with van der Waals surface area (Å²) in [4.78, 5) is 12.2. The Balaban J connectivity index is 4.63. The fraction of sp³-hybridized carbons (Fsp3) is 0.962. The Hall–Kier alpha value is -0.270. The van der Waals surface area contributed by atoms with Crippen molar-refractivity contribution >= 4 is 21.1 Å². The number of hydrogen-bond acceptors (Lipinski definition) is 8. The van der Waals surface area contributed by atoms with E-state index in [1.165, 1.54) is 51.4 Å². The molecule has 0 aliphatic carbocycles. The van der Waals surface area contributed by atoms with Gasteiger partial charge in [0.05, 0.1) is 26.4 Å². The highest BCUT2D eigenvalue weighted by Crippen LogP contribution is 2.78. The van der Waals surface area contributed by atoms with Gasteiger partial charge in [0.2, 0.25) is 5.91 Å². The first-order chi connectivity index (χ1) is 17.7. The first-order valence-corrected chi connectivity index (χ1v) is 17.6. The molecule has 37 heavy (non-hydrogen) atoms. The van der Waals surface area contributed by atoms with E-state index in [4.69, 9.17) is 18.1 Å². The van der Waals surface area contributed by atoms with Gasteiger partial charge in [-0.1, -0.05) is 71.1 Å². The lowest BCUT2D eigenvalue weighted by molar-refractivity contribution is -0.121. The lowest BCUT2D eigenvalue weighted by Gasteiger charge is -2.38. The van der Waals surface area contributed by atoms with Crippen molar-refractivity contribution in [1.29, 1.82) is 0 Å². The summed E-state index contributed by atoms with van der Waals surface area (Å²) in [7, 11) is -8.60. The van der Waals surface area contributed by atoms with Gasteiger partial charge >= 0.3 is 15.2 Å². The highest BCUT2D eigenvalue weighted by molar-refractivity contribution is 7.73. The molecule has 0 aromatic rings. The van der Waals surface area contributed by atoms with E-state index in [1.807, 2.05) is 0 Å². The van der Waals surface area contributed by atoms with E-state index in [-0.39, 0.29) is 51.7 Å². The predicted octanol–water partition coefficient (Wildman–Crippen LogP) is 7.76. The van der Waals surface area contributed by atoms with Crippen molar-refractivity contribution in [1.82, 2.24) is 5.32 Å².